The Balaban J connectivity index is 1.19. The van der Waals surface area contributed by atoms with Crippen LogP contribution in [0.25, 0.3) is 76.9 Å². The van der Waals surface area contributed by atoms with Gasteiger partial charge in [-0.05, 0) is 115 Å². The molecule has 1 aromatic heterocycles. The number of hydrogen-bond donors (Lipinski definition) is 0. The lowest BCUT2D eigenvalue weighted by atomic mass is 9.82. The van der Waals surface area contributed by atoms with Gasteiger partial charge >= 0.3 is 0 Å². The molecule has 2 heteroatoms. The molecule has 0 N–H and O–H groups in total. The van der Waals surface area contributed by atoms with Gasteiger partial charge in [0, 0.05) is 33.1 Å². The zero-order valence-electron chi connectivity index (χ0n) is 30.8. The van der Waals surface area contributed by atoms with E-state index in [1.807, 2.05) is 0 Å². The van der Waals surface area contributed by atoms with E-state index in [2.05, 4.69) is 207 Å². The van der Waals surface area contributed by atoms with Crippen molar-refractivity contribution >= 4 is 60.5 Å². The molecule has 0 fully saturated rings. The van der Waals surface area contributed by atoms with E-state index in [0.29, 0.717) is 0 Å². The minimum absolute atomic E-state index is 0.142. The van der Waals surface area contributed by atoms with E-state index in [0.717, 1.165) is 50.1 Å². The van der Waals surface area contributed by atoms with Gasteiger partial charge in [-0.15, -0.1) is 0 Å². The molecule has 0 saturated carbocycles. The summed E-state index contributed by atoms with van der Waals surface area (Å²) in [5.74, 6) is 0. The van der Waals surface area contributed by atoms with Gasteiger partial charge in [-0.25, -0.2) is 0 Å². The van der Waals surface area contributed by atoms with Crippen molar-refractivity contribution in [2.45, 2.75) is 19.3 Å². The molecule has 0 amide bonds. The number of hydrogen-bond acceptors (Lipinski definition) is 2. The molecule has 10 aromatic rings. The maximum absolute atomic E-state index is 6.56. The lowest BCUT2D eigenvalue weighted by Gasteiger charge is -2.30. The molecule has 0 spiro atoms. The van der Waals surface area contributed by atoms with Crippen LogP contribution in [0.15, 0.2) is 192 Å². The van der Waals surface area contributed by atoms with Crippen LogP contribution in [0.5, 0.6) is 0 Å². The third-order valence-electron chi connectivity index (χ3n) is 11.8. The second-order valence-electron chi connectivity index (χ2n) is 15.3. The molecule has 0 saturated heterocycles. The Bertz CT molecular complexity index is 3130. The number of anilines is 3. The molecule has 0 atom stereocenters. The summed E-state index contributed by atoms with van der Waals surface area (Å²) in [4.78, 5) is 2.47. The third-order valence-corrected chi connectivity index (χ3v) is 11.8. The van der Waals surface area contributed by atoms with Gasteiger partial charge in [0.15, 0.2) is 0 Å². The van der Waals surface area contributed by atoms with E-state index in [1.54, 1.807) is 0 Å². The molecule has 11 rings (SSSR count). The van der Waals surface area contributed by atoms with Crippen molar-refractivity contribution < 1.29 is 4.42 Å². The molecular formula is C53H37NO. The largest absolute Gasteiger partial charge is 0.456 e. The number of nitrogens with zero attached hydrogens (tertiary/aromatic N) is 1. The highest BCUT2D eigenvalue weighted by Crippen LogP contribution is 2.52. The first kappa shape index (κ1) is 31.6. The minimum Gasteiger partial charge on any atom is -0.456 e. The molecule has 1 heterocycles. The van der Waals surface area contributed by atoms with Gasteiger partial charge in [-0.3, -0.25) is 0 Å². The van der Waals surface area contributed by atoms with E-state index < -0.39 is 0 Å². The van der Waals surface area contributed by atoms with Gasteiger partial charge < -0.3 is 9.32 Å². The molecular weight excluding hydrogens is 667 g/mol. The predicted octanol–water partition coefficient (Wildman–Crippen LogP) is 15.0. The molecule has 1 aliphatic carbocycles. The SMILES string of the molecule is CC1(C)c2ccccc2-c2ccc(N(c3ccc4cc(-c5ccccc5)ccc4c3)c3ccc4oc5ccccc5c4c3-c3ccc4ccccc4c3)cc21. The molecule has 260 valence electrons. The molecule has 0 bridgehead atoms. The van der Waals surface area contributed by atoms with E-state index in [1.165, 1.54) is 54.9 Å². The average Bonchev–Trinajstić information content (AvgIpc) is 3.72. The lowest BCUT2D eigenvalue weighted by Crippen LogP contribution is -2.17. The van der Waals surface area contributed by atoms with E-state index >= 15 is 0 Å². The number of rotatable bonds is 5. The Kier molecular flexibility index (Phi) is 6.93. The van der Waals surface area contributed by atoms with Crippen LogP contribution in [0, 0.1) is 0 Å². The average molecular weight is 704 g/mol. The van der Waals surface area contributed by atoms with Gasteiger partial charge in [0.25, 0.3) is 0 Å². The van der Waals surface area contributed by atoms with Crippen LogP contribution < -0.4 is 4.90 Å². The Morgan fingerprint density at radius 2 is 1.05 bits per heavy atom. The second-order valence-corrected chi connectivity index (χ2v) is 15.3. The zero-order valence-corrected chi connectivity index (χ0v) is 30.8. The van der Waals surface area contributed by atoms with Crippen molar-refractivity contribution in [3.63, 3.8) is 0 Å². The van der Waals surface area contributed by atoms with Gasteiger partial charge in [-0.1, -0.05) is 147 Å². The first-order valence-corrected chi connectivity index (χ1v) is 19.1. The van der Waals surface area contributed by atoms with Crippen molar-refractivity contribution in [1.29, 1.82) is 0 Å². The summed E-state index contributed by atoms with van der Waals surface area (Å²) in [6.07, 6.45) is 0. The van der Waals surface area contributed by atoms with Crippen LogP contribution in [-0.2, 0) is 5.41 Å². The number of benzene rings is 9. The Morgan fingerprint density at radius 1 is 0.418 bits per heavy atom. The summed E-state index contributed by atoms with van der Waals surface area (Å²) < 4.78 is 6.56. The van der Waals surface area contributed by atoms with E-state index in [9.17, 15) is 0 Å². The summed E-state index contributed by atoms with van der Waals surface area (Å²) in [5, 5.41) is 7.06. The zero-order chi connectivity index (χ0) is 36.7. The van der Waals surface area contributed by atoms with Crippen molar-refractivity contribution in [3.05, 3.63) is 199 Å². The molecule has 9 aromatic carbocycles. The fraction of sp³-hybridized carbons (Fsp3) is 0.0566. The Labute approximate surface area is 320 Å². The number of furan rings is 1. The maximum atomic E-state index is 6.56. The van der Waals surface area contributed by atoms with Gasteiger partial charge in [0.1, 0.15) is 11.2 Å². The van der Waals surface area contributed by atoms with Gasteiger partial charge in [-0.2, -0.15) is 0 Å². The fourth-order valence-electron chi connectivity index (χ4n) is 9.07. The quantitative estimate of drug-likeness (QED) is 0.177. The Hall–Kier alpha value is -6.90. The smallest absolute Gasteiger partial charge is 0.136 e. The summed E-state index contributed by atoms with van der Waals surface area (Å²) >= 11 is 0. The van der Waals surface area contributed by atoms with Crippen molar-refractivity contribution in [3.8, 4) is 33.4 Å². The maximum Gasteiger partial charge on any atom is 0.136 e. The molecule has 0 aliphatic heterocycles. The highest BCUT2D eigenvalue weighted by atomic mass is 16.3. The third kappa shape index (κ3) is 4.95. The van der Waals surface area contributed by atoms with Crippen molar-refractivity contribution in [2.75, 3.05) is 4.90 Å². The molecule has 1 aliphatic rings. The summed E-state index contributed by atoms with van der Waals surface area (Å²) in [7, 11) is 0. The van der Waals surface area contributed by atoms with Crippen molar-refractivity contribution in [1.82, 2.24) is 0 Å². The van der Waals surface area contributed by atoms with Gasteiger partial charge in [0.2, 0.25) is 0 Å². The topological polar surface area (TPSA) is 16.4 Å². The van der Waals surface area contributed by atoms with Crippen LogP contribution in [-0.4, -0.2) is 0 Å². The Morgan fingerprint density at radius 3 is 1.96 bits per heavy atom. The summed E-state index contributed by atoms with van der Waals surface area (Å²) in [6.45, 7) is 4.71. The summed E-state index contributed by atoms with van der Waals surface area (Å²) in [5.41, 5.74) is 15.0. The van der Waals surface area contributed by atoms with Crippen LogP contribution in [0.2, 0.25) is 0 Å². The standard InChI is InChI=1S/C53H37NO/c1-53(2)46-18-10-8-16-43(46)44-27-26-42(33-47(44)53)54(41-25-24-38-30-37(21-22-39(38)32-41)34-12-4-3-5-13-34)48-28-29-50-52(45-17-9-11-19-49(45)55-50)51(48)40-23-20-35-14-6-7-15-36(35)31-40/h3-33H,1-2H3. The number of fused-ring (bicyclic) bond motifs is 8. The highest BCUT2D eigenvalue weighted by Gasteiger charge is 2.36. The molecule has 2 nitrogen and oxygen atoms in total. The molecule has 0 unspecified atom stereocenters. The monoisotopic (exact) mass is 703 g/mol. The van der Waals surface area contributed by atoms with E-state index in [-0.39, 0.29) is 5.41 Å². The normalized spacial score (nSPS) is 13.1. The lowest BCUT2D eigenvalue weighted by molar-refractivity contribution is 0.660. The molecule has 0 radical (unpaired) electrons. The van der Waals surface area contributed by atoms with Crippen molar-refractivity contribution in [2.24, 2.45) is 0 Å². The first-order chi connectivity index (χ1) is 27.0. The van der Waals surface area contributed by atoms with Crippen LogP contribution in [0.1, 0.15) is 25.0 Å². The number of para-hydroxylation sites is 1. The summed E-state index contributed by atoms with van der Waals surface area (Å²) in [6, 6.07) is 68.6. The van der Waals surface area contributed by atoms with Crippen LogP contribution in [0.4, 0.5) is 17.1 Å². The first-order valence-electron chi connectivity index (χ1n) is 19.1. The van der Waals surface area contributed by atoms with Crippen LogP contribution >= 0.6 is 0 Å². The minimum atomic E-state index is -0.142. The van der Waals surface area contributed by atoms with Crippen LogP contribution in [0.3, 0.4) is 0 Å². The highest BCUT2D eigenvalue weighted by molar-refractivity contribution is 6.17. The van der Waals surface area contributed by atoms with E-state index in [4.69, 9.17) is 4.42 Å². The second kappa shape index (κ2) is 12.1. The predicted molar refractivity (Wildman–Crippen MR) is 232 cm³/mol. The molecule has 55 heavy (non-hydrogen) atoms. The van der Waals surface area contributed by atoms with Gasteiger partial charge in [0.05, 0.1) is 5.69 Å². The fourth-order valence-corrected chi connectivity index (χ4v) is 9.07.